The minimum atomic E-state index is -1.36. The fourth-order valence-electron chi connectivity index (χ4n) is 1.67. The number of aryl methyl sites for hydroxylation is 1. The van der Waals surface area contributed by atoms with Crippen LogP contribution in [0.3, 0.4) is 0 Å². The number of ether oxygens (including phenoxy) is 2. The highest BCUT2D eigenvalue weighted by Crippen LogP contribution is 2.20. The molecule has 94 valence electrons. The third kappa shape index (κ3) is 2.76. The van der Waals surface area contributed by atoms with Crippen LogP contribution in [0, 0.1) is 6.92 Å². The average Bonchev–Trinajstić information content (AvgIpc) is 2.33. The Labute approximate surface area is 99.2 Å². The maximum absolute atomic E-state index is 9.71. The van der Waals surface area contributed by atoms with Gasteiger partial charge in [0.2, 0.25) is 0 Å². The van der Waals surface area contributed by atoms with E-state index in [0.29, 0.717) is 5.75 Å². The van der Waals surface area contributed by atoms with Crippen LogP contribution in [-0.4, -0.2) is 46.5 Å². The Hall–Kier alpha value is -1.14. The predicted molar refractivity (Wildman–Crippen MR) is 59.6 cm³/mol. The Morgan fingerprint density at radius 3 is 2.41 bits per heavy atom. The summed E-state index contributed by atoms with van der Waals surface area (Å²) in [5.74, 6) is 0.590. The maximum Gasteiger partial charge on any atom is 0.183 e. The summed E-state index contributed by atoms with van der Waals surface area (Å²) in [4.78, 5) is 0. The quantitative estimate of drug-likeness (QED) is 0.668. The molecular weight excluding hydrogens is 224 g/mol. The Morgan fingerprint density at radius 1 is 1.12 bits per heavy atom. The van der Waals surface area contributed by atoms with E-state index < -0.39 is 24.6 Å². The van der Waals surface area contributed by atoms with Gasteiger partial charge in [-0.25, -0.2) is 0 Å². The van der Waals surface area contributed by atoms with Crippen LogP contribution in [-0.2, 0) is 4.74 Å². The monoisotopic (exact) mass is 240 g/mol. The molecule has 0 saturated carbocycles. The van der Waals surface area contributed by atoms with Gasteiger partial charge in [0.25, 0.3) is 0 Å². The van der Waals surface area contributed by atoms with Crippen molar-refractivity contribution in [3.05, 3.63) is 29.8 Å². The predicted octanol–water partition coefficient (Wildman–Crippen LogP) is -0.187. The molecule has 4 atom stereocenters. The van der Waals surface area contributed by atoms with E-state index in [4.69, 9.17) is 9.47 Å². The van der Waals surface area contributed by atoms with Crippen molar-refractivity contribution in [2.75, 3.05) is 6.61 Å². The van der Waals surface area contributed by atoms with Crippen LogP contribution in [0.15, 0.2) is 24.3 Å². The molecule has 5 nitrogen and oxygen atoms in total. The summed E-state index contributed by atoms with van der Waals surface area (Å²) in [6.45, 7) is 2.00. The van der Waals surface area contributed by atoms with Gasteiger partial charge >= 0.3 is 0 Å². The van der Waals surface area contributed by atoms with Gasteiger partial charge in [0.15, 0.2) is 12.4 Å². The largest absolute Gasteiger partial charge is 0.485 e. The first-order valence-electron chi connectivity index (χ1n) is 5.47. The maximum atomic E-state index is 9.71. The minimum absolute atomic E-state index is 0.0350. The van der Waals surface area contributed by atoms with Crippen molar-refractivity contribution in [1.29, 1.82) is 0 Å². The Balaban J connectivity index is 2.01. The van der Waals surface area contributed by atoms with E-state index >= 15 is 0 Å². The molecule has 0 spiro atoms. The molecule has 1 fully saturated rings. The second-order valence-electron chi connectivity index (χ2n) is 4.17. The van der Waals surface area contributed by atoms with Gasteiger partial charge in [0.1, 0.15) is 18.0 Å². The molecule has 1 heterocycles. The van der Waals surface area contributed by atoms with Crippen LogP contribution in [0.4, 0.5) is 0 Å². The van der Waals surface area contributed by atoms with Crippen LogP contribution >= 0.6 is 0 Å². The SMILES string of the molecule is Cc1ccc(OC2COC(O)C(O)C2O)cc1. The van der Waals surface area contributed by atoms with E-state index in [1.54, 1.807) is 12.1 Å². The second kappa shape index (κ2) is 5.01. The first-order valence-corrected chi connectivity index (χ1v) is 5.47. The zero-order valence-corrected chi connectivity index (χ0v) is 9.48. The number of rotatable bonds is 2. The number of hydrogen-bond donors (Lipinski definition) is 3. The molecule has 1 saturated heterocycles. The summed E-state index contributed by atoms with van der Waals surface area (Å²) < 4.78 is 10.4. The van der Waals surface area contributed by atoms with Gasteiger partial charge in [-0.15, -0.1) is 0 Å². The molecule has 0 radical (unpaired) electrons. The van der Waals surface area contributed by atoms with E-state index in [-0.39, 0.29) is 6.61 Å². The van der Waals surface area contributed by atoms with Gasteiger partial charge in [-0.1, -0.05) is 17.7 Å². The van der Waals surface area contributed by atoms with E-state index in [9.17, 15) is 15.3 Å². The summed E-state index contributed by atoms with van der Waals surface area (Å²) in [7, 11) is 0. The Bertz CT molecular complexity index is 364. The molecule has 4 unspecified atom stereocenters. The minimum Gasteiger partial charge on any atom is -0.485 e. The zero-order valence-electron chi connectivity index (χ0n) is 9.48. The smallest absolute Gasteiger partial charge is 0.183 e. The molecule has 0 aliphatic carbocycles. The highest BCUT2D eigenvalue weighted by molar-refractivity contribution is 5.26. The van der Waals surface area contributed by atoms with Crippen molar-refractivity contribution in [2.24, 2.45) is 0 Å². The Kier molecular flexibility index (Phi) is 3.63. The Morgan fingerprint density at radius 2 is 1.76 bits per heavy atom. The molecule has 0 amide bonds. The molecule has 3 N–H and O–H groups in total. The van der Waals surface area contributed by atoms with Gasteiger partial charge in [0, 0.05) is 0 Å². The zero-order chi connectivity index (χ0) is 12.4. The van der Waals surface area contributed by atoms with Gasteiger partial charge < -0.3 is 24.8 Å². The van der Waals surface area contributed by atoms with Crippen LogP contribution in [0.1, 0.15) is 5.56 Å². The van der Waals surface area contributed by atoms with Gasteiger partial charge in [-0.2, -0.15) is 0 Å². The fourth-order valence-corrected chi connectivity index (χ4v) is 1.67. The lowest BCUT2D eigenvalue weighted by molar-refractivity contribution is -0.247. The fraction of sp³-hybridized carbons (Fsp3) is 0.500. The highest BCUT2D eigenvalue weighted by Gasteiger charge is 2.38. The molecule has 1 aromatic rings. The lowest BCUT2D eigenvalue weighted by atomic mass is 10.1. The molecule has 2 rings (SSSR count). The first-order chi connectivity index (χ1) is 8.08. The third-order valence-electron chi connectivity index (χ3n) is 2.76. The molecule has 1 aliphatic heterocycles. The summed E-state index contributed by atoms with van der Waals surface area (Å²) in [5.41, 5.74) is 1.10. The molecule has 5 heteroatoms. The summed E-state index contributed by atoms with van der Waals surface area (Å²) in [6.07, 6.45) is -4.56. The van der Waals surface area contributed by atoms with Gasteiger partial charge in [-0.05, 0) is 19.1 Å². The molecular formula is C12H16O5. The van der Waals surface area contributed by atoms with Crippen LogP contribution in [0.25, 0.3) is 0 Å². The summed E-state index contributed by atoms with van der Waals surface area (Å²) in [6, 6.07) is 7.33. The topological polar surface area (TPSA) is 79.2 Å². The van der Waals surface area contributed by atoms with E-state index in [1.807, 2.05) is 19.1 Å². The lowest BCUT2D eigenvalue weighted by Crippen LogP contribution is -2.54. The van der Waals surface area contributed by atoms with Crippen LogP contribution < -0.4 is 4.74 Å². The van der Waals surface area contributed by atoms with Crippen molar-refractivity contribution < 1.29 is 24.8 Å². The molecule has 17 heavy (non-hydrogen) atoms. The van der Waals surface area contributed by atoms with E-state index in [0.717, 1.165) is 5.56 Å². The molecule has 0 aromatic heterocycles. The average molecular weight is 240 g/mol. The van der Waals surface area contributed by atoms with Gasteiger partial charge in [0.05, 0.1) is 6.61 Å². The second-order valence-corrected chi connectivity index (χ2v) is 4.17. The third-order valence-corrected chi connectivity index (χ3v) is 2.76. The molecule has 1 aromatic carbocycles. The van der Waals surface area contributed by atoms with Crippen LogP contribution in [0.5, 0.6) is 5.75 Å². The first kappa shape index (κ1) is 12.3. The highest BCUT2D eigenvalue weighted by atomic mass is 16.6. The lowest BCUT2D eigenvalue weighted by Gasteiger charge is -2.34. The number of benzene rings is 1. The van der Waals surface area contributed by atoms with Crippen molar-refractivity contribution in [3.8, 4) is 5.75 Å². The summed E-state index contributed by atoms with van der Waals surface area (Å²) >= 11 is 0. The standard InChI is InChI=1S/C12H16O5/c1-7-2-4-8(5-3-7)17-9-6-16-12(15)11(14)10(9)13/h2-5,9-15H,6H2,1H3. The van der Waals surface area contributed by atoms with E-state index in [2.05, 4.69) is 0 Å². The van der Waals surface area contributed by atoms with Crippen LogP contribution in [0.2, 0.25) is 0 Å². The van der Waals surface area contributed by atoms with E-state index in [1.165, 1.54) is 0 Å². The number of aliphatic hydroxyl groups excluding tert-OH is 3. The summed E-state index contributed by atoms with van der Waals surface area (Å²) in [5, 5.41) is 28.3. The number of aliphatic hydroxyl groups is 3. The molecule has 0 bridgehead atoms. The normalized spacial score (nSPS) is 33.4. The number of hydrogen-bond acceptors (Lipinski definition) is 5. The van der Waals surface area contributed by atoms with Gasteiger partial charge in [-0.3, -0.25) is 0 Å². The van der Waals surface area contributed by atoms with Crippen molar-refractivity contribution in [1.82, 2.24) is 0 Å². The molecule has 1 aliphatic rings. The van der Waals surface area contributed by atoms with Crippen molar-refractivity contribution in [2.45, 2.75) is 31.5 Å². The van der Waals surface area contributed by atoms with Crippen molar-refractivity contribution >= 4 is 0 Å². The van der Waals surface area contributed by atoms with Crippen molar-refractivity contribution in [3.63, 3.8) is 0 Å².